The Kier molecular flexibility index (Phi) is 4.97. The molecule has 10 heteroatoms. The first-order valence-corrected chi connectivity index (χ1v) is 10.5. The van der Waals surface area contributed by atoms with Crippen molar-refractivity contribution in [2.75, 3.05) is 4.90 Å². The summed E-state index contributed by atoms with van der Waals surface area (Å²) in [5.41, 5.74) is 2.28. The first-order chi connectivity index (χ1) is 15.4. The monoisotopic (exact) mass is 450 g/mol. The Balaban J connectivity index is 1.35. The minimum absolute atomic E-state index is 0.0429. The van der Waals surface area contributed by atoms with Crippen molar-refractivity contribution in [2.45, 2.75) is 38.4 Å². The number of rotatable bonds is 5. The fourth-order valence-electron chi connectivity index (χ4n) is 3.83. The average molecular weight is 451 g/mol. The summed E-state index contributed by atoms with van der Waals surface area (Å²) in [6.07, 6.45) is 0. The first-order valence-electron chi connectivity index (χ1n) is 10.2. The number of imide groups is 1. The van der Waals surface area contributed by atoms with Crippen LogP contribution in [0, 0.1) is 0 Å². The van der Waals surface area contributed by atoms with Crippen molar-refractivity contribution in [1.29, 1.82) is 0 Å². The molecule has 2 amide bonds. The summed E-state index contributed by atoms with van der Waals surface area (Å²) >= 11 is 6.19. The number of hydrogen-bond donors (Lipinski definition) is 0. The number of hydrogen-bond acceptors (Lipinski definition) is 8. The molecule has 0 spiro atoms. The van der Waals surface area contributed by atoms with Gasteiger partial charge in [-0.3, -0.25) is 14.6 Å². The van der Waals surface area contributed by atoms with Crippen LogP contribution in [0.25, 0.3) is 11.4 Å². The number of carbonyl (C=O) groups is 2. The lowest BCUT2D eigenvalue weighted by Gasteiger charge is -2.19. The summed E-state index contributed by atoms with van der Waals surface area (Å²) in [5, 5.41) is 13.9. The normalized spacial score (nSPS) is 20.0. The van der Waals surface area contributed by atoms with Crippen LogP contribution in [0.4, 0.5) is 5.69 Å². The highest BCUT2D eigenvalue weighted by atomic mass is 35.5. The van der Waals surface area contributed by atoms with E-state index in [4.69, 9.17) is 16.1 Å². The second-order valence-corrected chi connectivity index (χ2v) is 8.35. The van der Waals surface area contributed by atoms with E-state index in [9.17, 15) is 9.59 Å². The molecule has 0 saturated carbocycles. The Hall–Kier alpha value is -3.59. The summed E-state index contributed by atoms with van der Waals surface area (Å²) in [4.78, 5) is 31.6. The van der Waals surface area contributed by atoms with Gasteiger partial charge in [0.2, 0.25) is 11.7 Å². The smallest absolute Gasteiger partial charge is 0.263 e. The van der Waals surface area contributed by atoms with Crippen molar-refractivity contribution < 1.29 is 14.1 Å². The van der Waals surface area contributed by atoms with Crippen LogP contribution in [0.3, 0.4) is 0 Å². The van der Waals surface area contributed by atoms with Crippen LogP contribution in [0.5, 0.6) is 0 Å². The summed E-state index contributed by atoms with van der Waals surface area (Å²) in [6, 6.07) is 12.8. The lowest BCUT2D eigenvalue weighted by Crippen LogP contribution is -2.39. The molecule has 162 valence electrons. The molecule has 3 heterocycles. The van der Waals surface area contributed by atoms with Gasteiger partial charge in [0, 0.05) is 5.56 Å². The lowest BCUT2D eigenvalue weighted by molar-refractivity contribution is -0.123. The van der Waals surface area contributed by atoms with E-state index in [0.29, 0.717) is 28.0 Å². The van der Waals surface area contributed by atoms with E-state index in [1.165, 1.54) is 9.91 Å². The van der Waals surface area contributed by atoms with Crippen molar-refractivity contribution in [3.8, 4) is 11.4 Å². The SMILES string of the molecule is CC(C)c1ccc(N2C(=O)[C@H]3N=NN(Cc4nc(-c5ccccc5Cl)no4)[C@@H]3C2=O)cc1. The molecule has 1 saturated heterocycles. The molecule has 9 nitrogen and oxygen atoms in total. The highest BCUT2D eigenvalue weighted by molar-refractivity contribution is 6.33. The van der Waals surface area contributed by atoms with Gasteiger partial charge in [-0.05, 0) is 35.7 Å². The molecule has 2 aliphatic heterocycles. The maximum absolute atomic E-state index is 13.1. The van der Waals surface area contributed by atoms with E-state index in [1.54, 1.807) is 24.3 Å². The molecule has 3 aromatic rings. The van der Waals surface area contributed by atoms with Gasteiger partial charge >= 0.3 is 0 Å². The van der Waals surface area contributed by atoms with Crippen molar-refractivity contribution in [1.82, 2.24) is 15.1 Å². The molecule has 1 aromatic heterocycles. The number of fused-ring (bicyclic) bond motifs is 1. The van der Waals surface area contributed by atoms with Gasteiger partial charge in [-0.15, -0.1) is 0 Å². The summed E-state index contributed by atoms with van der Waals surface area (Å²) < 4.78 is 5.32. The molecule has 2 atom stereocenters. The standard InChI is InChI=1S/C22H19ClN6O3/c1-12(2)13-7-9-14(10-8-13)29-21(30)18-19(22(29)31)28(27-25-18)11-17-24-20(26-32-17)15-5-3-4-6-16(15)23/h3-10,12,18-19H,11H2,1-2H3/t18-,19-/m0/s1. The van der Waals surface area contributed by atoms with Crippen LogP contribution < -0.4 is 4.90 Å². The maximum atomic E-state index is 13.1. The molecule has 5 rings (SSSR count). The molecule has 0 aliphatic carbocycles. The highest BCUT2D eigenvalue weighted by Crippen LogP contribution is 2.33. The molecule has 1 fully saturated rings. The Morgan fingerprint density at radius 2 is 1.81 bits per heavy atom. The molecule has 2 aromatic carbocycles. The number of benzene rings is 2. The quantitative estimate of drug-likeness (QED) is 0.544. The fourth-order valence-corrected chi connectivity index (χ4v) is 4.05. The molecule has 0 unspecified atom stereocenters. The maximum Gasteiger partial charge on any atom is 0.263 e. The molecular formula is C22H19ClN6O3. The van der Waals surface area contributed by atoms with Gasteiger partial charge in [0.1, 0.15) is 6.54 Å². The zero-order valence-electron chi connectivity index (χ0n) is 17.3. The van der Waals surface area contributed by atoms with Gasteiger partial charge in [0.05, 0.1) is 10.7 Å². The molecule has 0 N–H and O–H groups in total. The third-order valence-electron chi connectivity index (χ3n) is 5.56. The van der Waals surface area contributed by atoms with Crippen molar-refractivity contribution in [2.24, 2.45) is 10.3 Å². The number of nitrogens with zero attached hydrogens (tertiary/aromatic N) is 6. The largest absolute Gasteiger partial charge is 0.337 e. The van der Waals surface area contributed by atoms with Crippen LogP contribution in [0.1, 0.15) is 31.2 Å². The fraction of sp³-hybridized carbons (Fsp3) is 0.273. The second-order valence-electron chi connectivity index (χ2n) is 7.94. The Bertz CT molecular complexity index is 1220. The van der Waals surface area contributed by atoms with Gasteiger partial charge in [-0.25, -0.2) is 4.90 Å². The van der Waals surface area contributed by atoms with E-state index < -0.39 is 18.0 Å². The second kappa shape index (κ2) is 7.83. The summed E-state index contributed by atoms with van der Waals surface area (Å²) in [5.74, 6) is 0.139. The number of anilines is 1. The highest BCUT2D eigenvalue weighted by Gasteiger charge is 2.55. The summed E-state index contributed by atoms with van der Waals surface area (Å²) in [6.45, 7) is 4.21. The Morgan fingerprint density at radius 3 is 2.53 bits per heavy atom. The minimum atomic E-state index is -0.891. The van der Waals surface area contributed by atoms with E-state index in [1.807, 2.05) is 24.3 Å². The van der Waals surface area contributed by atoms with Crippen molar-refractivity contribution in [3.63, 3.8) is 0 Å². The van der Waals surface area contributed by atoms with Gasteiger partial charge in [-0.2, -0.15) is 10.1 Å². The number of amides is 2. The lowest BCUT2D eigenvalue weighted by atomic mass is 10.0. The predicted octanol–water partition coefficient (Wildman–Crippen LogP) is 4.01. The van der Waals surface area contributed by atoms with Crippen molar-refractivity contribution in [3.05, 3.63) is 65.0 Å². The molecular weight excluding hydrogens is 432 g/mol. The molecule has 2 aliphatic rings. The minimum Gasteiger partial charge on any atom is -0.337 e. The third-order valence-corrected chi connectivity index (χ3v) is 5.89. The predicted molar refractivity (Wildman–Crippen MR) is 116 cm³/mol. The van der Waals surface area contributed by atoms with Gasteiger partial charge in [-0.1, -0.05) is 60.1 Å². The Labute approximate surface area is 188 Å². The third kappa shape index (κ3) is 3.34. The van der Waals surface area contributed by atoms with Crippen LogP contribution in [0.2, 0.25) is 5.02 Å². The van der Waals surface area contributed by atoms with E-state index in [-0.39, 0.29) is 18.3 Å². The van der Waals surface area contributed by atoms with Gasteiger partial charge < -0.3 is 4.52 Å². The topological polar surface area (TPSA) is 104 Å². The van der Waals surface area contributed by atoms with E-state index >= 15 is 0 Å². The zero-order chi connectivity index (χ0) is 22.4. The Morgan fingerprint density at radius 1 is 1.06 bits per heavy atom. The molecule has 0 bridgehead atoms. The molecule has 0 radical (unpaired) electrons. The van der Waals surface area contributed by atoms with Crippen molar-refractivity contribution >= 4 is 29.1 Å². The van der Waals surface area contributed by atoms with Gasteiger partial charge in [0.25, 0.3) is 11.8 Å². The van der Waals surface area contributed by atoms with Crippen LogP contribution in [0.15, 0.2) is 63.4 Å². The van der Waals surface area contributed by atoms with E-state index in [2.05, 4.69) is 34.3 Å². The average Bonchev–Trinajstić information content (AvgIpc) is 3.47. The molecule has 32 heavy (non-hydrogen) atoms. The van der Waals surface area contributed by atoms with E-state index in [0.717, 1.165) is 5.56 Å². The number of aromatic nitrogens is 2. The zero-order valence-corrected chi connectivity index (χ0v) is 18.1. The summed E-state index contributed by atoms with van der Waals surface area (Å²) in [7, 11) is 0. The van der Waals surface area contributed by atoms with Crippen LogP contribution in [-0.4, -0.2) is 39.0 Å². The van der Waals surface area contributed by atoms with Gasteiger partial charge in [0.15, 0.2) is 12.1 Å². The number of carbonyl (C=O) groups excluding carboxylic acids is 2. The van der Waals surface area contributed by atoms with Crippen LogP contribution >= 0.6 is 11.6 Å². The number of halogens is 1. The van der Waals surface area contributed by atoms with Crippen LogP contribution in [-0.2, 0) is 16.1 Å². The first kappa shape index (κ1) is 20.3.